The van der Waals surface area contributed by atoms with Crippen molar-refractivity contribution in [2.75, 3.05) is 13.6 Å². The molecule has 0 spiro atoms. The van der Waals surface area contributed by atoms with Crippen LogP contribution in [0.3, 0.4) is 0 Å². The molecule has 0 unspecified atom stereocenters. The second-order valence-electron chi connectivity index (χ2n) is 3.57. The van der Waals surface area contributed by atoms with Gasteiger partial charge >= 0.3 is 0 Å². The summed E-state index contributed by atoms with van der Waals surface area (Å²) in [4.78, 5) is 22.6. The Bertz CT molecular complexity index is 461. The number of hydrogen-bond donors (Lipinski definition) is 2. The molecule has 1 rings (SSSR count). The number of nitrogens with one attached hydrogen (secondary N) is 2. The van der Waals surface area contributed by atoms with Crippen LogP contribution in [0.25, 0.3) is 6.08 Å². The second kappa shape index (κ2) is 7.06. The van der Waals surface area contributed by atoms with Gasteiger partial charge in [0, 0.05) is 25.2 Å². The molecule has 18 heavy (non-hydrogen) atoms. The Morgan fingerprint density at radius 2 is 1.94 bits per heavy atom. The summed E-state index contributed by atoms with van der Waals surface area (Å²) in [7, 11) is 1.58. The molecule has 1 aromatic carbocycles. The maximum absolute atomic E-state index is 11.3. The summed E-state index contributed by atoms with van der Waals surface area (Å²) < 4.78 is 0. The van der Waals surface area contributed by atoms with E-state index in [2.05, 4.69) is 17.2 Å². The maximum Gasteiger partial charge on any atom is 0.251 e. The van der Waals surface area contributed by atoms with E-state index < -0.39 is 0 Å². The minimum absolute atomic E-state index is 0.130. The third kappa shape index (κ3) is 4.25. The van der Waals surface area contributed by atoms with Crippen molar-refractivity contribution in [3.8, 4) is 0 Å². The minimum atomic E-state index is -0.176. The molecule has 1 aromatic rings. The molecular weight excluding hydrogens is 228 g/mol. The molecule has 0 atom stereocenters. The maximum atomic E-state index is 11.3. The first-order chi connectivity index (χ1) is 8.67. The number of rotatable bonds is 5. The lowest BCUT2D eigenvalue weighted by molar-refractivity contribution is -0.116. The standard InChI is InChI=1S/C14H16N2O2/c1-3-10-16-13(17)9-6-11-4-7-12(8-5-11)14(18)15-2/h3-9H,1,10H2,2H3,(H,15,18)(H,16,17)/b9-6+. The van der Waals surface area contributed by atoms with Crippen LogP contribution < -0.4 is 10.6 Å². The molecule has 0 radical (unpaired) electrons. The molecule has 0 aliphatic carbocycles. The summed E-state index contributed by atoms with van der Waals surface area (Å²) in [5.74, 6) is -0.306. The van der Waals surface area contributed by atoms with Gasteiger partial charge in [-0.15, -0.1) is 6.58 Å². The normalized spacial score (nSPS) is 10.1. The molecule has 2 amide bonds. The van der Waals surface area contributed by atoms with E-state index in [4.69, 9.17) is 0 Å². The van der Waals surface area contributed by atoms with Gasteiger partial charge in [0.2, 0.25) is 5.91 Å². The van der Waals surface area contributed by atoms with Crippen molar-refractivity contribution in [3.05, 3.63) is 54.1 Å². The van der Waals surface area contributed by atoms with Crippen molar-refractivity contribution in [3.63, 3.8) is 0 Å². The van der Waals surface area contributed by atoms with E-state index in [1.807, 2.05) is 0 Å². The fraction of sp³-hybridized carbons (Fsp3) is 0.143. The Morgan fingerprint density at radius 3 is 2.50 bits per heavy atom. The van der Waals surface area contributed by atoms with Crippen LogP contribution in [0.1, 0.15) is 15.9 Å². The van der Waals surface area contributed by atoms with Crippen LogP contribution in [0.5, 0.6) is 0 Å². The van der Waals surface area contributed by atoms with E-state index in [1.54, 1.807) is 43.5 Å². The van der Waals surface area contributed by atoms with Crippen LogP contribution in [-0.2, 0) is 4.79 Å². The molecule has 0 fully saturated rings. The zero-order chi connectivity index (χ0) is 13.4. The molecule has 0 heterocycles. The Hall–Kier alpha value is -2.36. The Labute approximate surface area is 106 Å². The molecule has 2 N–H and O–H groups in total. The lowest BCUT2D eigenvalue weighted by Gasteiger charge is -2.00. The highest BCUT2D eigenvalue weighted by Gasteiger charge is 2.01. The number of benzene rings is 1. The molecule has 0 aromatic heterocycles. The zero-order valence-corrected chi connectivity index (χ0v) is 10.3. The molecule has 4 nitrogen and oxygen atoms in total. The highest BCUT2D eigenvalue weighted by molar-refractivity contribution is 5.94. The van der Waals surface area contributed by atoms with Crippen molar-refractivity contribution in [1.82, 2.24) is 10.6 Å². The third-order valence-corrected chi connectivity index (χ3v) is 2.25. The van der Waals surface area contributed by atoms with Gasteiger partial charge in [0.05, 0.1) is 0 Å². The van der Waals surface area contributed by atoms with Crippen molar-refractivity contribution < 1.29 is 9.59 Å². The molecular formula is C14H16N2O2. The fourth-order valence-electron chi connectivity index (χ4n) is 1.29. The van der Waals surface area contributed by atoms with Crippen LogP contribution in [0.15, 0.2) is 43.0 Å². The second-order valence-corrected chi connectivity index (χ2v) is 3.57. The van der Waals surface area contributed by atoms with Crippen LogP contribution in [0.4, 0.5) is 0 Å². The SMILES string of the molecule is C=CCNC(=O)/C=C/c1ccc(C(=O)NC)cc1. The van der Waals surface area contributed by atoms with Gasteiger partial charge < -0.3 is 10.6 Å². The summed E-state index contributed by atoms with van der Waals surface area (Å²) >= 11 is 0. The van der Waals surface area contributed by atoms with E-state index in [0.29, 0.717) is 12.1 Å². The molecule has 0 aliphatic rings. The monoisotopic (exact) mass is 244 g/mol. The van der Waals surface area contributed by atoms with Gasteiger partial charge in [0.25, 0.3) is 5.91 Å². The average molecular weight is 244 g/mol. The first-order valence-electron chi connectivity index (χ1n) is 5.56. The Kier molecular flexibility index (Phi) is 5.38. The molecule has 0 saturated carbocycles. The van der Waals surface area contributed by atoms with Gasteiger partial charge in [-0.3, -0.25) is 9.59 Å². The highest BCUT2D eigenvalue weighted by atomic mass is 16.2. The zero-order valence-electron chi connectivity index (χ0n) is 10.3. The molecule has 4 heteroatoms. The van der Waals surface area contributed by atoms with E-state index in [9.17, 15) is 9.59 Å². The summed E-state index contributed by atoms with van der Waals surface area (Å²) in [5.41, 5.74) is 1.45. The predicted molar refractivity (Wildman–Crippen MR) is 72.1 cm³/mol. The third-order valence-electron chi connectivity index (χ3n) is 2.25. The molecule has 0 bridgehead atoms. The molecule has 94 valence electrons. The predicted octanol–water partition coefficient (Wildman–Crippen LogP) is 1.36. The van der Waals surface area contributed by atoms with Crippen LogP contribution >= 0.6 is 0 Å². The van der Waals surface area contributed by atoms with E-state index in [0.717, 1.165) is 5.56 Å². The van der Waals surface area contributed by atoms with Gasteiger partial charge in [-0.25, -0.2) is 0 Å². The largest absolute Gasteiger partial charge is 0.355 e. The van der Waals surface area contributed by atoms with E-state index in [-0.39, 0.29) is 11.8 Å². The number of hydrogen-bond acceptors (Lipinski definition) is 2. The van der Waals surface area contributed by atoms with Crippen molar-refractivity contribution in [2.24, 2.45) is 0 Å². The lowest BCUT2D eigenvalue weighted by Crippen LogP contribution is -2.20. The van der Waals surface area contributed by atoms with E-state index in [1.165, 1.54) is 6.08 Å². The van der Waals surface area contributed by atoms with E-state index >= 15 is 0 Å². The number of amides is 2. The topological polar surface area (TPSA) is 58.2 Å². The van der Waals surface area contributed by atoms with Gasteiger partial charge in [-0.1, -0.05) is 18.2 Å². The van der Waals surface area contributed by atoms with Gasteiger partial charge in [-0.2, -0.15) is 0 Å². The van der Waals surface area contributed by atoms with Gasteiger partial charge in [0.1, 0.15) is 0 Å². The van der Waals surface area contributed by atoms with Gasteiger partial charge in [0.15, 0.2) is 0 Å². The summed E-state index contributed by atoms with van der Waals surface area (Å²) in [5, 5.41) is 5.18. The minimum Gasteiger partial charge on any atom is -0.355 e. The number of carbonyl (C=O) groups excluding carboxylic acids is 2. The summed E-state index contributed by atoms with van der Waals surface area (Å²) in [6, 6.07) is 6.98. The van der Waals surface area contributed by atoms with Crippen LogP contribution in [0.2, 0.25) is 0 Å². The van der Waals surface area contributed by atoms with Crippen LogP contribution in [0, 0.1) is 0 Å². The van der Waals surface area contributed by atoms with Gasteiger partial charge in [-0.05, 0) is 23.8 Å². The molecule has 0 saturated heterocycles. The molecule has 0 aliphatic heterocycles. The lowest BCUT2D eigenvalue weighted by atomic mass is 10.1. The Balaban J connectivity index is 2.63. The first-order valence-corrected chi connectivity index (χ1v) is 5.56. The van der Waals surface area contributed by atoms with Crippen molar-refractivity contribution >= 4 is 17.9 Å². The van der Waals surface area contributed by atoms with Crippen molar-refractivity contribution in [2.45, 2.75) is 0 Å². The van der Waals surface area contributed by atoms with Crippen LogP contribution in [-0.4, -0.2) is 25.4 Å². The first kappa shape index (κ1) is 13.7. The smallest absolute Gasteiger partial charge is 0.251 e. The summed E-state index contributed by atoms with van der Waals surface area (Å²) in [6.45, 7) is 3.95. The quantitative estimate of drug-likeness (QED) is 0.607. The number of carbonyl (C=O) groups is 2. The summed E-state index contributed by atoms with van der Waals surface area (Å²) in [6.07, 6.45) is 4.74. The van der Waals surface area contributed by atoms with Crippen molar-refractivity contribution in [1.29, 1.82) is 0 Å². The highest BCUT2D eigenvalue weighted by Crippen LogP contribution is 2.06. The fourth-order valence-corrected chi connectivity index (χ4v) is 1.29. The Morgan fingerprint density at radius 1 is 1.28 bits per heavy atom. The average Bonchev–Trinajstić information content (AvgIpc) is 2.42.